The van der Waals surface area contributed by atoms with Crippen molar-refractivity contribution in [2.45, 2.75) is 39.3 Å². The summed E-state index contributed by atoms with van der Waals surface area (Å²) in [5, 5.41) is 9.92. The summed E-state index contributed by atoms with van der Waals surface area (Å²) in [5.74, 6) is 0.921. The third-order valence-electron chi connectivity index (χ3n) is 4.21. The highest BCUT2D eigenvalue weighted by molar-refractivity contribution is 7.09. The van der Waals surface area contributed by atoms with E-state index in [0.717, 1.165) is 42.6 Å². The van der Waals surface area contributed by atoms with Gasteiger partial charge in [-0.1, -0.05) is 6.92 Å². The van der Waals surface area contributed by atoms with Gasteiger partial charge in [0.05, 0.1) is 17.2 Å². The maximum atomic E-state index is 13.9. The van der Waals surface area contributed by atoms with Crippen LogP contribution < -0.4 is 15.5 Å². The molecule has 1 aliphatic rings. The van der Waals surface area contributed by atoms with E-state index < -0.39 is 0 Å². The van der Waals surface area contributed by atoms with Crippen LogP contribution in [0.25, 0.3) is 0 Å². The fourth-order valence-corrected chi connectivity index (χ4v) is 3.67. The van der Waals surface area contributed by atoms with Crippen LogP contribution in [-0.2, 0) is 13.0 Å². The normalized spacial score (nSPS) is 17.6. The van der Waals surface area contributed by atoms with Crippen molar-refractivity contribution < 1.29 is 4.39 Å². The molecule has 0 amide bonds. The molecule has 2 N–H and O–H groups in total. The molecule has 2 aromatic heterocycles. The Balaban J connectivity index is 1.59. The quantitative estimate of drug-likeness (QED) is 0.599. The number of guanidine groups is 1. The van der Waals surface area contributed by atoms with Gasteiger partial charge in [0, 0.05) is 37.3 Å². The molecule has 0 aromatic carbocycles. The zero-order valence-electron chi connectivity index (χ0n) is 15.2. The molecular weight excluding hydrogens is 351 g/mol. The molecule has 0 bridgehead atoms. The van der Waals surface area contributed by atoms with Gasteiger partial charge in [-0.05, 0) is 31.9 Å². The predicted molar refractivity (Wildman–Crippen MR) is 104 cm³/mol. The Labute approximate surface area is 157 Å². The van der Waals surface area contributed by atoms with Gasteiger partial charge in [0.1, 0.15) is 0 Å². The molecule has 1 unspecified atom stereocenters. The second kappa shape index (κ2) is 8.93. The van der Waals surface area contributed by atoms with Crippen LogP contribution >= 0.6 is 11.3 Å². The number of anilines is 1. The Kier molecular flexibility index (Phi) is 6.38. The van der Waals surface area contributed by atoms with Crippen LogP contribution in [0, 0.1) is 5.82 Å². The van der Waals surface area contributed by atoms with Crippen LogP contribution in [-0.4, -0.2) is 41.6 Å². The summed E-state index contributed by atoms with van der Waals surface area (Å²) in [7, 11) is 0. The largest absolute Gasteiger partial charge is 0.357 e. The number of aromatic nitrogens is 2. The van der Waals surface area contributed by atoms with Gasteiger partial charge in [0.2, 0.25) is 0 Å². The molecule has 3 heterocycles. The van der Waals surface area contributed by atoms with Gasteiger partial charge < -0.3 is 15.5 Å². The zero-order chi connectivity index (χ0) is 18.4. The number of halogens is 1. The van der Waals surface area contributed by atoms with E-state index in [1.807, 2.05) is 11.8 Å². The van der Waals surface area contributed by atoms with Crippen LogP contribution in [0.3, 0.4) is 0 Å². The second-order valence-corrected chi connectivity index (χ2v) is 7.11. The van der Waals surface area contributed by atoms with Crippen LogP contribution in [0.1, 0.15) is 31.0 Å². The first-order chi connectivity index (χ1) is 12.7. The lowest BCUT2D eigenvalue weighted by atomic mass is 10.3. The van der Waals surface area contributed by atoms with Crippen molar-refractivity contribution in [1.29, 1.82) is 0 Å². The highest BCUT2D eigenvalue weighted by Gasteiger charge is 2.25. The number of pyridine rings is 1. The van der Waals surface area contributed by atoms with Crippen LogP contribution in [0.2, 0.25) is 0 Å². The van der Waals surface area contributed by atoms with E-state index in [-0.39, 0.29) is 11.9 Å². The lowest BCUT2D eigenvalue weighted by molar-refractivity contribution is 0.612. The van der Waals surface area contributed by atoms with Crippen LogP contribution in [0.15, 0.2) is 28.7 Å². The monoisotopic (exact) mass is 376 g/mol. The van der Waals surface area contributed by atoms with Gasteiger partial charge in [-0.25, -0.2) is 19.4 Å². The van der Waals surface area contributed by atoms with Crippen molar-refractivity contribution in [3.63, 3.8) is 0 Å². The molecule has 1 saturated heterocycles. The molecule has 1 aliphatic heterocycles. The molecule has 3 rings (SSSR count). The highest BCUT2D eigenvalue weighted by Crippen LogP contribution is 2.20. The van der Waals surface area contributed by atoms with Gasteiger partial charge in [-0.15, -0.1) is 11.3 Å². The minimum absolute atomic E-state index is 0.204. The summed E-state index contributed by atoms with van der Waals surface area (Å²) < 4.78 is 13.9. The van der Waals surface area contributed by atoms with Crippen molar-refractivity contribution in [2.75, 3.05) is 24.5 Å². The van der Waals surface area contributed by atoms with E-state index in [2.05, 4.69) is 37.9 Å². The van der Waals surface area contributed by atoms with E-state index in [4.69, 9.17) is 0 Å². The summed E-state index contributed by atoms with van der Waals surface area (Å²) >= 11 is 1.68. The Morgan fingerprint density at radius 3 is 3.08 bits per heavy atom. The smallest absolute Gasteiger partial charge is 0.191 e. The third kappa shape index (κ3) is 4.69. The number of nitrogens with one attached hydrogen (secondary N) is 2. The number of hydrogen-bond donors (Lipinski definition) is 2. The van der Waals surface area contributed by atoms with Crippen molar-refractivity contribution in [1.82, 2.24) is 20.6 Å². The minimum Gasteiger partial charge on any atom is -0.357 e. The van der Waals surface area contributed by atoms with Gasteiger partial charge in [0.15, 0.2) is 17.6 Å². The number of thiazole rings is 1. The second-order valence-electron chi connectivity index (χ2n) is 6.17. The Bertz CT molecular complexity index is 747. The molecule has 1 fully saturated rings. The number of hydrogen-bond acceptors (Lipinski definition) is 5. The number of aliphatic imine (C=N–C) groups is 1. The number of aryl methyl sites for hydroxylation is 1. The van der Waals surface area contributed by atoms with Gasteiger partial charge in [0.25, 0.3) is 0 Å². The fraction of sp³-hybridized carbons (Fsp3) is 0.500. The Hall–Kier alpha value is -2.22. The van der Waals surface area contributed by atoms with E-state index in [1.54, 1.807) is 23.6 Å². The van der Waals surface area contributed by atoms with Gasteiger partial charge in [-0.3, -0.25) is 0 Å². The Morgan fingerprint density at radius 2 is 2.35 bits per heavy atom. The summed E-state index contributed by atoms with van der Waals surface area (Å²) in [5.41, 5.74) is 0.993. The lowest BCUT2D eigenvalue weighted by Crippen LogP contribution is -2.44. The van der Waals surface area contributed by atoms with Crippen molar-refractivity contribution in [3.05, 3.63) is 40.2 Å². The first-order valence-electron chi connectivity index (χ1n) is 9.03. The standard InChI is InChI=1S/C18H25FN6S/c1-3-16-23-14(12-26-16)10-22-18(20-4-2)24-13-7-9-25(11-13)17-15(19)6-5-8-21-17/h5-6,8,12-13H,3-4,7,9-11H2,1-2H3,(H2,20,22,24). The highest BCUT2D eigenvalue weighted by atomic mass is 32.1. The summed E-state index contributed by atoms with van der Waals surface area (Å²) in [6.07, 6.45) is 3.49. The molecule has 0 saturated carbocycles. The molecule has 26 heavy (non-hydrogen) atoms. The average molecular weight is 377 g/mol. The van der Waals surface area contributed by atoms with Crippen LogP contribution in [0.5, 0.6) is 0 Å². The molecule has 0 spiro atoms. The van der Waals surface area contributed by atoms with E-state index in [9.17, 15) is 4.39 Å². The molecule has 2 aromatic rings. The fourth-order valence-electron chi connectivity index (χ4n) is 2.94. The molecule has 140 valence electrons. The maximum Gasteiger partial charge on any atom is 0.191 e. The molecule has 1 atom stereocenters. The van der Waals surface area contributed by atoms with Crippen molar-refractivity contribution in [2.24, 2.45) is 4.99 Å². The van der Waals surface area contributed by atoms with Gasteiger partial charge in [-0.2, -0.15) is 0 Å². The zero-order valence-corrected chi connectivity index (χ0v) is 16.0. The molecule has 0 radical (unpaired) electrons. The van der Waals surface area contributed by atoms with Crippen molar-refractivity contribution >= 4 is 23.1 Å². The Morgan fingerprint density at radius 1 is 1.46 bits per heavy atom. The van der Waals surface area contributed by atoms with Crippen molar-refractivity contribution in [3.8, 4) is 0 Å². The minimum atomic E-state index is -0.274. The van der Waals surface area contributed by atoms with E-state index in [0.29, 0.717) is 18.9 Å². The van der Waals surface area contributed by atoms with E-state index in [1.165, 1.54) is 6.07 Å². The third-order valence-corrected chi connectivity index (χ3v) is 5.25. The van der Waals surface area contributed by atoms with Gasteiger partial charge >= 0.3 is 0 Å². The summed E-state index contributed by atoms with van der Waals surface area (Å²) in [6, 6.07) is 3.27. The molecular formula is C18H25FN6S. The lowest BCUT2D eigenvalue weighted by Gasteiger charge is -2.19. The summed E-state index contributed by atoms with van der Waals surface area (Å²) in [4.78, 5) is 15.3. The topological polar surface area (TPSA) is 65.4 Å². The summed E-state index contributed by atoms with van der Waals surface area (Å²) in [6.45, 7) is 6.96. The molecule has 6 nitrogen and oxygen atoms in total. The van der Waals surface area contributed by atoms with Crippen LogP contribution in [0.4, 0.5) is 10.2 Å². The predicted octanol–water partition coefficient (Wildman–Crippen LogP) is 2.57. The first-order valence-corrected chi connectivity index (χ1v) is 9.91. The SMILES string of the molecule is CCNC(=NCc1csc(CC)n1)NC1CCN(c2ncccc2F)C1. The maximum absolute atomic E-state index is 13.9. The first kappa shape index (κ1) is 18.6. The molecule has 8 heteroatoms. The van der Waals surface area contributed by atoms with E-state index >= 15 is 0 Å². The molecule has 0 aliphatic carbocycles. The average Bonchev–Trinajstić information content (AvgIpc) is 3.29. The number of nitrogens with zero attached hydrogens (tertiary/aromatic N) is 4. The number of rotatable bonds is 6.